The van der Waals surface area contributed by atoms with E-state index in [4.69, 9.17) is 18.6 Å². The molecule has 3 aromatic carbocycles. The van der Waals surface area contributed by atoms with Crippen LogP contribution >= 0.6 is 0 Å². The predicted octanol–water partition coefficient (Wildman–Crippen LogP) is 5.66. The first-order chi connectivity index (χ1) is 18.0. The third kappa shape index (κ3) is 4.26. The van der Waals surface area contributed by atoms with Crippen LogP contribution < -0.4 is 19.8 Å². The molecule has 6 rings (SSSR count). The molecule has 4 aromatic rings. The van der Waals surface area contributed by atoms with Crippen molar-refractivity contribution >= 4 is 16.9 Å². The van der Waals surface area contributed by atoms with Gasteiger partial charge in [-0.1, -0.05) is 24.3 Å². The smallest absolute Gasteiger partial charge is 0.339 e. The fourth-order valence-electron chi connectivity index (χ4n) is 5.67. The van der Waals surface area contributed by atoms with Crippen molar-refractivity contribution in [3.63, 3.8) is 0 Å². The van der Waals surface area contributed by atoms with Crippen molar-refractivity contribution in [3.8, 4) is 17.2 Å². The second kappa shape index (κ2) is 9.43. The average molecular weight is 497 g/mol. The maximum absolute atomic E-state index is 12.8. The van der Waals surface area contributed by atoms with Gasteiger partial charge in [-0.2, -0.15) is 0 Å². The Bertz CT molecular complexity index is 1550. The van der Waals surface area contributed by atoms with Gasteiger partial charge >= 0.3 is 11.6 Å². The monoisotopic (exact) mass is 496 g/mol. The zero-order valence-electron chi connectivity index (χ0n) is 21.0. The van der Waals surface area contributed by atoms with Gasteiger partial charge in [-0.3, -0.25) is 4.79 Å². The van der Waals surface area contributed by atoms with E-state index in [9.17, 15) is 9.59 Å². The number of carbonyl (C=O) groups excluding carboxylic acids is 1. The van der Waals surface area contributed by atoms with E-state index in [1.165, 1.54) is 5.56 Å². The summed E-state index contributed by atoms with van der Waals surface area (Å²) in [5, 5.41) is 0.782. The summed E-state index contributed by atoms with van der Waals surface area (Å²) in [6, 6.07) is 17.8. The minimum atomic E-state index is -0.277. The summed E-state index contributed by atoms with van der Waals surface area (Å²) in [7, 11) is 1.66. The molecular weight excluding hydrogens is 468 g/mol. The van der Waals surface area contributed by atoms with Crippen LogP contribution in [0.25, 0.3) is 11.0 Å². The highest BCUT2D eigenvalue weighted by molar-refractivity contribution is 5.94. The molecule has 0 radical (unpaired) electrons. The van der Waals surface area contributed by atoms with Crippen LogP contribution in [-0.4, -0.2) is 19.7 Å². The Labute approximate surface area is 214 Å². The van der Waals surface area contributed by atoms with Gasteiger partial charge in [0.2, 0.25) is 0 Å². The summed E-state index contributed by atoms with van der Waals surface area (Å²) in [6.45, 7) is 2.54. The highest BCUT2D eigenvalue weighted by Crippen LogP contribution is 2.47. The zero-order valence-corrected chi connectivity index (χ0v) is 21.0. The number of methoxy groups -OCH3 is 1. The maximum atomic E-state index is 12.8. The Kier molecular flexibility index (Phi) is 5.95. The van der Waals surface area contributed by atoms with Gasteiger partial charge < -0.3 is 18.6 Å². The molecule has 0 bridgehead atoms. The first kappa shape index (κ1) is 23.3. The SMILES string of the molecule is COc1ccc(CCOc2ccc(C3CC(=O)Oc4c3c(C)cc3oc(=O)c5c(c43)CCC5)cc2)cc1. The summed E-state index contributed by atoms with van der Waals surface area (Å²) in [4.78, 5) is 25.2. The average Bonchev–Trinajstić information content (AvgIpc) is 3.39. The van der Waals surface area contributed by atoms with E-state index in [2.05, 4.69) is 0 Å². The van der Waals surface area contributed by atoms with Crippen molar-refractivity contribution in [2.75, 3.05) is 13.7 Å². The molecule has 188 valence electrons. The van der Waals surface area contributed by atoms with Gasteiger partial charge in [0.25, 0.3) is 0 Å². The van der Waals surface area contributed by atoms with Gasteiger partial charge in [0.1, 0.15) is 22.8 Å². The Balaban J connectivity index is 1.27. The van der Waals surface area contributed by atoms with Crippen LogP contribution in [0.1, 0.15) is 52.1 Å². The van der Waals surface area contributed by atoms with Crippen molar-refractivity contribution < 1.29 is 23.4 Å². The largest absolute Gasteiger partial charge is 0.497 e. The minimum absolute atomic E-state index is 0.141. The van der Waals surface area contributed by atoms with E-state index in [-0.39, 0.29) is 23.9 Å². The van der Waals surface area contributed by atoms with Crippen LogP contribution in [0.15, 0.2) is 63.8 Å². The number of aryl methyl sites for hydroxylation is 2. The first-order valence-electron chi connectivity index (χ1n) is 12.7. The van der Waals surface area contributed by atoms with Crippen LogP contribution in [0.3, 0.4) is 0 Å². The first-order valence-corrected chi connectivity index (χ1v) is 12.7. The van der Waals surface area contributed by atoms with E-state index in [0.29, 0.717) is 29.9 Å². The zero-order chi connectivity index (χ0) is 25.5. The van der Waals surface area contributed by atoms with Crippen LogP contribution in [-0.2, 0) is 24.1 Å². The van der Waals surface area contributed by atoms with Crippen molar-refractivity contribution in [2.45, 2.75) is 44.9 Å². The number of carbonyl (C=O) groups is 1. The number of fused-ring (bicyclic) bond motifs is 5. The van der Waals surface area contributed by atoms with E-state index in [1.807, 2.05) is 61.5 Å². The van der Waals surface area contributed by atoms with Crippen molar-refractivity contribution in [1.82, 2.24) is 0 Å². The van der Waals surface area contributed by atoms with E-state index < -0.39 is 0 Å². The summed E-state index contributed by atoms with van der Waals surface area (Å²) >= 11 is 0. The molecule has 0 spiro atoms. The summed E-state index contributed by atoms with van der Waals surface area (Å²) < 4.78 is 22.7. The van der Waals surface area contributed by atoms with Crippen molar-refractivity contribution in [2.24, 2.45) is 0 Å². The molecule has 6 nitrogen and oxygen atoms in total. The lowest BCUT2D eigenvalue weighted by molar-refractivity contribution is -0.135. The summed E-state index contributed by atoms with van der Waals surface area (Å²) in [6.07, 6.45) is 3.45. The molecule has 37 heavy (non-hydrogen) atoms. The van der Waals surface area contributed by atoms with Gasteiger partial charge in [0, 0.05) is 23.5 Å². The molecule has 1 aromatic heterocycles. The molecule has 2 heterocycles. The highest BCUT2D eigenvalue weighted by Gasteiger charge is 2.34. The van der Waals surface area contributed by atoms with Gasteiger partial charge in [-0.25, -0.2) is 4.79 Å². The fraction of sp³-hybridized carbons (Fsp3) is 0.290. The van der Waals surface area contributed by atoms with Gasteiger partial charge in [0.15, 0.2) is 0 Å². The molecule has 0 amide bonds. The molecule has 0 saturated carbocycles. The van der Waals surface area contributed by atoms with Crippen LogP contribution in [0, 0.1) is 6.92 Å². The molecule has 1 aliphatic carbocycles. The van der Waals surface area contributed by atoms with Gasteiger partial charge in [0.05, 0.1) is 25.5 Å². The number of hydrogen-bond acceptors (Lipinski definition) is 6. The van der Waals surface area contributed by atoms with Crippen LogP contribution in [0.4, 0.5) is 0 Å². The molecule has 1 aliphatic heterocycles. The van der Waals surface area contributed by atoms with E-state index >= 15 is 0 Å². The maximum Gasteiger partial charge on any atom is 0.339 e. The Morgan fingerprint density at radius 1 is 0.946 bits per heavy atom. The summed E-state index contributed by atoms with van der Waals surface area (Å²) in [5.41, 5.74) is 6.04. The second-order valence-corrected chi connectivity index (χ2v) is 9.76. The Hall–Kier alpha value is -4.06. The molecule has 2 aliphatic rings. The van der Waals surface area contributed by atoms with Crippen LogP contribution in [0.5, 0.6) is 17.2 Å². The molecular formula is C31H28O6. The van der Waals surface area contributed by atoms with Gasteiger partial charge in [-0.05, 0) is 78.8 Å². The topological polar surface area (TPSA) is 75.0 Å². The Morgan fingerprint density at radius 3 is 2.43 bits per heavy atom. The quantitative estimate of drug-likeness (QED) is 0.195. The molecule has 1 atom stereocenters. The molecule has 6 heteroatoms. The third-order valence-corrected chi connectivity index (χ3v) is 7.50. The molecule has 0 N–H and O–H groups in total. The normalized spacial score (nSPS) is 16.3. The lowest BCUT2D eigenvalue weighted by Crippen LogP contribution is -2.23. The third-order valence-electron chi connectivity index (χ3n) is 7.50. The van der Waals surface area contributed by atoms with Crippen LogP contribution in [0.2, 0.25) is 0 Å². The van der Waals surface area contributed by atoms with E-state index in [0.717, 1.165) is 58.4 Å². The molecule has 1 unspecified atom stereocenters. The number of esters is 1. The van der Waals surface area contributed by atoms with Crippen molar-refractivity contribution in [1.29, 1.82) is 0 Å². The molecule has 0 fully saturated rings. The number of rotatable bonds is 6. The number of ether oxygens (including phenoxy) is 3. The summed E-state index contributed by atoms with van der Waals surface area (Å²) in [5.74, 6) is 1.76. The standard InChI is InChI=1S/C31H28O6/c1-18-16-26-29(23-4-3-5-24(23)31(33)36-26)30-28(18)25(17-27(32)37-30)20-8-12-22(13-9-20)35-15-14-19-6-10-21(34-2)11-7-19/h6-13,16,25H,3-5,14-15,17H2,1-2H3. The predicted molar refractivity (Wildman–Crippen MR) is 140 cm³/mol. The number of hydrogen-bond donors (Lipinski definition) is 0. The van der Waals surface area contributed by atoms with Crippen molar-refractivity contribution in [3.05, 3.63) is 98.4 Å². The lowest BCUT2D eigenvalue weighted by Gasteiger charge is -2.28. The fourth-order valence-corrected chi connectivity index (χ4v) is 5.67. The second-order valence-electron chi connectivity index (χ2n) is 9.76. The van der Waals surface area contributed by atoms with Gasteiger partial charge in [-0.15, -0.1) is 0 Å². The Morgan fingerprint density at radius 2 is 1.68 bits per heavy atom. The number of benzene rings is 3. The minimum Gasteiger partial charge on any atom is -0.497 e. The van der Waals surface area contributed by atoms with E-state index in [1.54, 1.807) is 7.11 Å². The molecule has 0 saturated heterocycles. The highest BCUT2D eigenvalue weighted by atomic mass is 16.5. The lowest BCUT2D eigenvalue weighted by atomic mass is 9.82.